The predicted octanol–water partition coefficient (Wildman–Crippen LogP) is 6.06. The molecule has 0 spiro atoms. The van der Waals surface area contributed by atoms with Crippen LogP contribution in [-0.2, 0) is 6.18 Å². The molecule has 0 saturated heterocycles. The summed E-state index contributed by atoms with van der Waals surface area (Å²) in [6.45, 7) is 0.942. The Morgan fingerprint density at radius 1 is 1.00 bits per heavy atom. The fraction of sp³-hybridized carbons (Fsp3) is 0.667. The van der Waals surface area contributed by atoms with Gasteiger partial charge < -0.3 is 10.7 Å². The van der Waals surface area contributed by atoms with Crippen LogP contribution in [0.15, 0.2) is 18.2 Å². The maximum Gasteiger partial charge on any atom is 0.416 e. The lowest BCUT2D eigenvalue weighted by Crippen LogP contribution is -2.34. The first-order valence-corrected chi connectivity index (χ1v) is 9.99. The SMILES string of the molecule is N=C1CCC(NCCC2CCC(c3ccc(F)cc3C(F)(F)F)CC2)CC1. The minimum atomic E-state index is -4.51. The average Bonchev–Trinajstić information content (AvgIpc) is 2.63. The van der Waals surface area contributed by atoms with E-state index in [1.807, 2.05) is 0 Å². The lowest BCUT2D eigenvalue weighted by molar-refractivity contribution is -0.138. The van der Waals surface area contributed by atoms with E-state index in [2.05, 4.69) is 5.32 Å². The Morgan fingerprint density at radius 2 is 1.67 bits per heavy atom. The van der Waals surface area contributed by atoms with Crippen LogP contribution in [0.5, 0.6) is 0 Å². The molecular weight excluding hydrogens is 356 g/mol. The standard InChI is InChI=1S/C21H28F4N2/c22-16-5-10-19(20(13-16)21(23,24)25)15-3-1-14(2-4-15)11-12-27-18-8-6-17(26)7-9-18/h5,10,13-15,18,26-27H,1-4,6-9,11-12H2. The van der Waals surface area contributed by atoms with E-state index >= 15 is 0 Å². The number of alkyl halides is 3. The zero-order valence-electron chi connectivity index (χ0n) is 15.5. The van der Waals surface area contributed by atoms with Gasteiger partial charge in [-0.15, -0.1) is 0 Å². The molecule has 0 heterocycles. The molecule has 0 aromatic heterocycles. The Kier molecular flexibility index (Phi) is 6.56. The van der Waals surface area contributed by atoms with Crippen molar-refractivity contribution in [3.05, 3.63) is 35.1 Å². The smallest absolute Gasteiger partial charge is 0.314 e. The van der Waals surface area contributed by atoms with Gasteiger partial charge in [0.15, 0.2) is 0 Å². The van der Waals surface area contributed by atoms with Crippen molar-refractivity contribution in [2.75, 3.05) is 6.54 Å². The van der Waals surface area contributed by atoms with Crippen LogP contribution in [0, 0.1) is 17.1 Å². The van der Waals surface area contributed by atoms with Crippen molar-refractivity contribution in [3.63, 3.8) is 0 Å². The molecule has 0 radical (unpaired) electrons. The fourth-order valence-electron chi connectivity index (χ4n) is 4.55. The summed E-state index contributed by atoms with van der Waals surface area (Å²) in [5.41, 5.74) is 0.297. The van der Waals surface area contributed by atoms with Crippen LogP contribution in [0.4, 0.5) is 17.6 Å². The molecule has 0 bridgehead atoms. The highest BCUT2D eigenvalue weighted by atomic mass is 19.4. The van der Waals surface area contributed by atoms with Crippen LogP contribution < -0.4 is 5.32 Å². The third-order valence-electron chi connectivity index (χ3n) is 6.18. The van der Waals surface area contributed by atoms with Gasteiger partial charge in [-0.25, -0.2) is 4.39 Å². The largest absolute Gasteiger partial charge is 0.416 e. The van der Waals surface area contributed by atoms with Gasteiger partial charge in [-0.05, 0) is 93.9 Å². The normalized spacial score (nSPS) is 27.0. The molecule has 2 aliphatic rings. The zero-order chi connectivity index (χ0) is 19.4. The average molecular weight is 384 g/mol. The molecule has 0 unspecified atom stereocenters. The third-order valence-corrected chi connectivity index (χ3v) is 6.18. The van der Waals surface area contributed by atoms with E-state index in [0.29, 0.717) is 18.0 Å². The van der Waals surface area contributed by atoms with Gasteiger partial charge in [0, 0.05) is 11.8 Å². The summed E-state index contributed by atoms with van der Waals surface area (Å²) in [4.78, 5) is 0. The van der Waals surface area contributed by atoms with Gasteiger partial charge >= 0.3 is 6.18 Å². The quantitative estimate of drug-likeness (QED) is 0.595. The van der Waals surface area contributed by atoms with E-state index in [4.69, 9.17) is 5.41 Å². The Hall–Kier alpha value is -1.43. The predicted molar refractivity (Wildman–Crippen MR) is 98.7 cm³/mol. The van der Waals surface area contributed by atoms with Crippen LogP contribution in [0.2, 0.25) is 0 Å². The molecule has 0 aliphatic heterocycles. The summed E-state index contributed by atoms with van der Waals surface area (Å²) in [5.74, 6) is -0.412. The van der Waals surface area contributed by atoms with Crippen LogP contribution in [-0.4, -0.2) is 18.3 Å². The van der Waals surface area contributed by atoms with Crippen molar-refractivity contribution < 1.29 is 17.6 Å². The highest BCUT2D eigenvalue weighted by molar-refractivity contribution is 5.82. The molecule has 2 fully saturated rings. The summed E-state index contributed by atoms with van der Waals surface area (Å²) in [7, 11) is 0. The summed E-state index contributed by atoms with van der Waals surface area (Å²) in [5, 5.41) is 11.2. The van der Waals surface area contributed by atoms with Gasteiger partial charge in [-0.2, -0.15) is 13.2 Å². The minimum Gasteiger partial charge on any atom is -0.314 e. The lowest BCUT2D eigenvalue weighted by atomic mass is 9.76. The molecule has 150 valence electrons. The fourth-order valence-corrected chi connectivity index (χ4v) is 4.55. The Bertz CT molecular complexity index is 638. The molecule has 2 aliphatic carbocycles. The number of rotatable bonds is 5. The van der Waals surface area contributed by atoms with Crippen molar-refractivity contribution in [2.45, 2.75) is 75.9 Å². The highest BCUT2D eigenvalue weighted by Gasteiger charge is 2.36. The molecular formula is C21H28F4N2. The molecule has 2 saturated carbocycles. The minimum absolute atomic E-state index is 0.129. The van der Waals surface area contributed by atoms with E-state index in [0.717, 1.165) is 76.1 Å². The van der Waals surface area contributed by atoms with Crippen LogP contribution in [0.1, 0.15) is 74.8 Å². The van der Waals surface area contributed by atoms with Crippen molar-refractivity contribution in [2.24, 2.45) is 5.92 Å². The van der Waals surface area contributed by atoms with Gasteiger partial charge in [-0.1, -0.05) is 6.07 Å². The lowest BCUT2D eigenvalue weighted by Gasteiger charge is -2.31. The molecule has 1 aromatic carbocycles. The Morgan fingerprint density at radius 3 is 2.30 bits per heavy atom. The summed E-state index contributed by atoms with van der Waals surface area (Å²) in [6.07, 6.45) is 3.73. The molecule has 0 amide bonds. The first kappa shape index (κ1) is 20.3. The van der Waals surface area contributed by atoms with E-state index in [1.165, 1.54) is 6.07 Å². The van der Waals surface area contributed by atoms with Crippen molar-refractivity contribution in [1.29, 1.82) is 5.41 Å². The van der Waals surface area contributed by atoms with Gasteiger partial charge in [-0.3, -0.25) is 0 Å². The van der Waals surface area contributed by atoms with Gasteiger partial charge in [0.2, 0.25) is 0 Å². The third kappa shape index (κ3) is 5.53. The topological polar surface area (TPSA) is 35.9 Å². The molecule has 2 nitrogen and oxygen atoms in total. The first-order valence-electron chi connectivity index (χ1n) is 9.99. The molecule has 2 N–H and O–H groups in total. The van der Waals surface area contributed by atoms with Crippen LogP contribution in [0.25, 0.3) is 0 Å². The monoisotopic (exact) mass is 384 g/mol. The number of hydrogen-bond donors (Lipinski definition) is 2. The maximum atomic E-state index is 13.3. The van der Waals surface area contributed by atoms with E-state index in [9.17, 15) is 17.6 Å². The number of halogens is 4. The molecule has 6 heteroatoms. The molecule has 27 heavy (non-hydrogen) atoms. The van der Waals surface area contributed by atoms with Crippen molar-refractivity contribution >= 4 is 5.71 Å². The van der Waals surface area contributed by atoms with Crippen molar-refractivity contribution in [1.82, 2.24) is 5.32 Å². The second-order valence-corrected chi connectivity index (χ2v) is 8.07. The van der Waals surface area contributed by atoms with E-state index in [1.54, 1.807) is 0 Å². The first-order chi connectivity index (χ1) is 12.8. The van der Waals surface area contributed by atoms with Crippen molar-refractivity contribution in [3.8, 4) is 0 Å². The number of hydrogen-bond acceptors (Lipinski definition) is 2. The van der Waals surface area contributed by atoms with Gasteiger partial charge in [0.25, 0.3) is 0 Å². The number of nitrogens with one attached hydrogen (secondary N) is 2. The van der Waals surface area contributed by atoms with Gasteiger partial charge in [0.1, 0.15) is 5.82 Å². The van der Waals surface area contributed by atoms with E-state index < -0.39 is 17.6 Å². The van der Waals surface area contributed by atoms with Gasteiger partial charge in [0.05, 0.1) is 5.56 Å². The zero-order valence-corrected chi connectivity index (χ0v) is 15.5. The highest BCUT2D eigenvalue weighted by Crippen LogP contribution is 2.42. The molecule has 1 aromatic rings. The van der Waals surface area contributed by atoms with Crippen LogP contribution in [0.3, 0.4) is 0 Å². The molecule has 0 atom stereocenters. The molecule has 3 rings (SSSR count). The van der Waals surface area contributed by atoms with E-state index in [-0.39, 0.29) is 11.5 Å². The Labute approximate surface area is 158 Å². The Balaban J connectivity index is 1.47. The second-order valence-electron chi connectivity index (χ2n) is 8.07. The number of benzene rings is 1. The maximum absolute atomic E-state index is 13.3. The summed E-state index contributed by atoms with van der Waals surface area (Å²) >= 11 is 0. The second kappa shape index (κ2) is 8.72. The summed E-state index contributed by atoms with van der Waals surface area (Å²) in [6, 6.07) is 3.61. The summed E-state index contributed by atoms with van der Waals surface area (Å²) < 4.78 is 53.0. The van der Waals surface area contributed by atoms with Crippen LogP contribution >= 0.6 is 0 Å².